The maximum Gasteiger partial charge on any atom is 0.335 e. The predicted molar refractivity (Wildman–Crippen MR) is 100 cm³/mol. The Kier molecular flexibility index (Phi) is 5.59. The van der Waals surface area contributed by atoms with E-state index < -0.39 is 30.3 Å². The molecular weight excluding hydrogens is 386 g/mol. The lowest BCUT2D eigenvalue weighted by Gasteiger charge is -2.16. The van der Waals surface area contributed by atoms with Crippen molar-refractivity contribution in [2.75, 3.05) is 26.1 Å². The average Bonchev–Trinajstić information content (AvgIpc) is 3.27. The minimum atomic E-state index is -1.03. The molecule has 2 aromatic rings. The molecule has 9 nitrogen and oxygen atoms in total. The van der Waals surface area contributed by atoms with E-state index in [1.807, 2.05) is 0 Å². The van der Waals surface area contributed by atoms with Crippen LogP contribution in [0.15, 0.2) is 35.7 Å². The predicted octanol–water partition coefficient (Wildman–Crippen LogP) is 1.69. The normalized spacial score (nSPS) is 13.9. The second-order valence-electron chi connectivity index (χ2n) is 5.76. The zero-order chi connectivity index (χ0) is 20.3. The number of imide groups is 2. The van der Waals surface area contributed by atoms with Crippen molar-refractivity contribution in [1.29, 1.82) is 0 Å². The maximum atomic E-state index is 12.4. The average molecular weight is 403 g/mol. The summed E-state index contributed by atoms with van der Waals surface area (Å²) in [5.41, 5.74) is 0.342. The Bertz CT molecular complexity index is 927. The second kappa shape index (κ2) is 8.09. The summed E-state index contributed by atoms with van der Waals surface area (Å²) in [5, 5.41) is 4.36. The first-order chi connectivity index (χ1) is 13.4. The molecule has 10 heteroatoms. The Labute approximate surface area is 164 Å². The van der Waals surface area contributed by atoms with Gasteiger partial charge in [0.05, 0.1) is 26.5 Å². The molecule has 1 N–H and O–H groups in total. The zero-order valence-corrected chi connectivity index (χ0v) is 15.9. The number of methoxy groups -OCH3 is 2. The minimum absolute atomic E-state index is 0.00844. The standard InChI is InChI=1S/C18H17N3O6S/c1-26-11-5-6-13(14(8-11)27-2)19-15(22)10-21-17(24)16(23)20(18(21)25)9-12-4-3-7-28-12/h3-8H,9-10H2,1-2H3,(H,19,22). The molecule has 1 aliphatic heterocycles. The van der Waals surface area contributed by atoms with Crippen molar-refractivity contribution >= 4 is 40.8 Å². The van der Waals surface area contributed by atoms with Crippen molar-refractivity contribution < 1.29 is 28.7 Å². The largest absolute Gasteiger partial charge is 0.497 e. The molecule has 1 aromatic heterocycles. The number of nitrogens with zero attached hydrogens (tertiary/aromatic N) is 2. The molecule has 0 atom stereocenters. The number of hydrogen-bond donors (Lipinski definition) is 1. The van der Waals surface area contributed by atoms with E-state index in [9.17, 15) is 19.2 Å². The number of rotatable bonds is 7. The molecule has 2 heterocycles. The first-order valence-corrected chi connectivity index (χ1v) is 9.04. The molecule has 1 aliphatic rings. The van der Waals surface area contributed by atoms with E-state index in [0.29, 0.717) is 22.1 Å². The van der Waals surface area contributed by atoms with Crippen molar-refractivity contribution in [3.8, 4) is 11.5 Å². The number of anilines is 1. The van der Waals surface area contributed by atoms with Gasteiger partial charge in [0.2, 0.25) is 5.91 Å². The third-order valence-electron chi connectivity index (χ3n) is 4.01. The third-order valence-corrected chi connectivity index (χ3v) is 4.87. The Hall–Kier alpha value is -3.40. The summed E-state index contributed by atoms with van der Waals surface area (Å²) < 4.78 is 10.3. The molecule has 146 valence electrons. The van der Waals surface area contributed by atoms with E-state index in [0.717, 1.165) is 9.78 Å². The highest BCUT2D eigenvalue weighted by Gasteiger charge is 2.45. The van der Waals surface area contributed by atoms with Crippen LogP contribution in [0.1, 0.15) is 4.88 Å². The molecule has 0 bridgehead atoms. The van der Waals surface area contributed by atoms with Crippen LogP contribution in [-0.2, 0) is 20.9 Å². The van der Waals surface area contributed by atoms with Gasteiger partial charge in [0.15, 0.2) is 0 Å². The van der Waals surface area contributed by atoms with Gasteiger partial charge in [-0.3, -0.25) is 19.3 Å². The summed E-state index contributed by atoms with van der Waals surface area (Å²) in [4.78, 5) is 51.3. The number of carbonyl (C=O) groups is 4. The van der Waals surface area contributed by atoms with E-state index in [2.05, 4.69) is 5.32 Å². The number of hydrogen-bond acceptors (Lipinski definition) is 7. The topological polar surface area (TPSA) is 105 Å². The summed E-state index contributed by atoms with van der Waals surface area (Å²) in [5.74, 6) is -1.74. The molecule has 3 rings (SSSR count). The monoisotopic (exact) mass is 403 g/mol. The number of nitrogens with one attached hydrogen (secondary N) is 1. The zero-order valence-electron chi connectivity index (χ0n) is 15.1. The molecule has 5 amide bonds. The number of thiophene rings is 1. The molecule has 0 aliphatic carbocycles. The minimum Gasteiger partial charge on any atom is -0.497 e. The highest BCUT2D eigenvalue weighted by atomic mass is 32.1. The summed E-state index contributed by atoms with van der Waals surface area (Å²) in [6.07, 6.45) is 0. The quantitative estimate of drug-likeness (QED) is 0.557. The molecule has 0 saturated carbocycles. The van der Waals surface area contributed by atoms with Gasteiger partial charge < -0.3 is 14.8 Å². The summed E-state index contributed by atoms with van der Waals surface area (Å²) in [7, 11) is 2.93. The van der Waals surface area contributed by atoms with E-state index in [4.69, 9.17) is 9.47 Å². The molecule has 0 spiro atoms. The van der Waals surface area contributed by atoms with E-state index >= 15 is 0 Å². The maximum absolute atomic E-state index is 12.4. The van der Waals surface area contributed by atoms with Crippen LogP contribution in [0.3, 0.4) is 0 Å². The van der Waals surface area contributed by atoms with Crippen molar-refractivity contribution in [2.24, 2.45) is 0 Å². The number of carbonyl (C=O) groups excluding carboxylic acids is 4. The smallest absolute Gasteiger partial charge is 0.335 e. The van der Waals surface area contributed by atoms with Gasteiger partial charge in [-0.1, -0.05) is 6.07 Å². The number of ether oxygens (including phenoxy) is 2. The fraction of sp³-hybridized carbons (Fsp3) is 0.222. The van der Waals surface area contributed by atoms with Crippen LogP contribution in [0.5, 0.6) is 11.5 Å². The van der Waals surface area contributed by atoms with Crippen LogP contribution in [0.2, 0.25) is 0 Å². The van der Waals surface area contributed by atoms with Gasteiger partial charge in [-0.15, -0.1) is 11.3 Å². The van der Waals surface area contributed by atoms with Crippen molar-refractivity contribution in [3.63, 3.8) is 0 Å². The summed E-state index contributed by atoms with van der Waals surface area (Å²) >= 11 is 1.36. The Morgan fingerprint density at radius 2 is 1.82 bits per heavy atom. The van der Waals surface area contributed by atoms with Gasteiger partial charge in [0.1, 0.15) is 18.0 Å². The number of benzene rings is 1. The van der Waals surface area contributed by atoms with Crippen LogP contribution in [0, 0.1) is 0 Å². The number of urea groups is 1. The lowest BCUT2D eigenvalue weighted by molar-refractivity contribution is -0.143. The van der Waals surface area contributed by atoms with Crippen LogP contribution in [0.25, 0.3) is 0 Å². The Morgan fingerprint density at radius 1 is 1.07 bits per heavy atom. The van der Waals surface area contributed by atoms with Gasteiger partial charge in [-0.2, -0.15) is 0 Å². The van der Waals surface area contributed by atoms with Crippen molar-refractivity contribution in [1.82, 2.24) is 9.80 Å². The molecule has 0 unspecified atom stereocenters. The summed E-state index contributed by atoms with van der Waals surface area (Å²) in [6.45, 7) is -0.592. The lowest BCUT2D eigenvalue weighted by atomic mass is 10.2. The second-order valence-corrected chi connectivity index (χ2v) is 6.79. The van der Waals surface area contributed by atoms with Crippen LogP contribution < -0.4 is 14.8 Å². The van der Waals surface area contributed by atoms with E-state index in [-0.39, 0.29) is 6.54 Å². The highest BCUT2D eigenvalue weighted by molar-refractivity contribution is 7.09. The van der Waals surface area contributed by atoms with Gasteiger partial charge >= 0.3 is 17.8 Å². The van der Waals surface area contributed by atoms with Crippen LogP contribution in [0.4, 0.5) is 10.5 Å². The Morgan fingerprint density at radius 3 is 2.46 bits per heavy atom. The lowest BCUT2D eigenvalue weighted by Crippen LogP contribution is -2.38. The first kappa shape index (κ1) is 19.4. The molecule has 0 radical (unpaired) electrons. The van der Waals surface area contributed by atoms with Gasteiger partial charge in [0.25, 0.3) is 0 Å². The van der Waals surface area contributed by atoms with Gasteiger partial charge in [-0.25, -0.2) is 9.69 Å². The van der Waals surface area contributed by atoms with Crippen LogP contribution in [-0.4, -0.2) is 54.3 Å². The molecule has 28 heavy (non-hydrogen) atoms. The SMILES string of the molecule is COc1ccc(NC(=O)CN2C(=O)C(=O)N(Cc3cccs3)C2=O)c(OC)c1. The molecule has 1 saturated heterocycles. The molecule has 1 aromatic carbocycles. The summed E-state index contributed by atoms with van der Waals surface area (Å²) in [6, 6.07) is 7.48. The van der Waals surface area contributed by atoms with Gasteiger partial charge in [0, 0.05) is 10.9 Å². The highest BCUT2D eigenvalue weighted by Crippen LogP contribution is 2.29. The first-order valence-electron chi connectivity index (χ1n) is 8.16. The van der Waals surface area contributed by atoms with Gasteiger partial charge in [-0.05, 0) is 23.6 Å². The molecule has 1 fully saturated rings. The van der Waals surface area contributed by atoms with Crippen LogP contribution >= 0.6 is 11.3 Å². The fourth-order valence-electron chi connectivity index (χ4n) is 2.62. The Balaban J connectivity index is 1.69. The molecular formula is C18H17N3O6S. The van der Waals surface area contributed by atoms with E-state index in [1.165, 1.54) is 25.6 Å². The van der Waals surface area contributed by atoms with E-state index in [1.54, 1.807) is 35.7 Å². The third kappa shape index (κ3) is 3.81. The fourth-order valence-corrected chi connectivity index (χ4v) is 3.32. The number of amides is 5. The van der Waals surface area contributed by atoms with Crippen molar-refractivity contribution in [2.45, 2.75) is 6.54 Å². The van der Waals surface area contributed by atoms with Crippen molar-refractivity contribution in [3.05, 3.63) is 40.6 Å².